The van der Waals surface area contributed by atoms with Crippen LogP contribution in [0.2, 0.25) is 0 Å². The molecule has 0 aromatic heterocycles. The molecular weight excluding hydrogens is 274 g/mol. The molecule has 0 radical (unpaired) electrons. The highest BCUT2D eigenvalue weighted by Crippen LogP contribution is 2.20. The van der Waals surface area contributed by atoms with Crippen molar-refractivity contribution in [2.24, 2.45) is 5.16 Å². The summed E-state index contributed by atoms with van der Waals surface area (Å²) in [7, 11) is 1.30. The number of benzene rings is 1. The Hall–Kier alpha value is -1.36. The zero-order valence-corrected chi connectivity index (χ0v) is 10.7. The molecule has 5 heteroatoms. The molecule has 0 saturated heterocycles. The van der Waals surface area contributed by atoms with E-state index in [1.807, 2.05) is 18.2 Å². The lowest BCUT2D eigenvalue weighted by Gasteiger charge is -2.04. The van der Waals surface area contributed by atoms with Crippen molar-refractivity contribution in [3.8, 4) is 5.75 Å². The van der Waals surface area contributed by atoms with Crippen molar-refractivity contribution in [2.45, 2.75) is 12.3 Å². The Balaban J connectivity index is 2.77. The predicted octanol–water partition coefficient (Wildman–Crippen LogP) is 2.51. The van der Waals surface area contributed by atoms with Gasteiger partial charge in [-0.3, -0.25) is 0 Å². The zero-order chi connectivity index (χ0) is 12.0. The molecule has 0 unspecified atom stereocenters. The second kappa shape index (κ2) is 6.27. The molecule has 0 heterocycles. The number of esters is 1. The summed E-state index contributed by atoms with van der Waals surface area (Å²) in [6.45, 7) is 1.53. The highest BCUT2D eigenvalue weighted by Gasteiger charge is 2.06. The highest BCUT2D eigenvalue weighted by atomic mass is 79.9. The first-order valence-corrected chi connectivity index (χ1v) is 5.75. The van der Waals surface area contributed by atoms with Gasteiger partial charge >= 0.3 is 5.97 Å². The maximum Gasteiger partial charge on any atom is 0.355 e. The monoisotopic (exact) mass is 285 g/mol. The summed E-state index contributed by atoms with van der Waals surface area (Å²) in [6.07, 6.45) is 0. The molecule has 0 amide bonds. The number of carbonyl (C=O) groups excluding carboxylic acids is 1. The lowest BCUT2D eigenvalue weighted by atomic mass is 10.2. The second-order valence-corrected chi connectivity index (χ2v) is 3.56. The van der Waals surface area contributed by atoms with Crippen molar-refractivity contribution in [1.82, 2.24) is 0 Å². The van der Waals surface area contributed by atoms with Gasteiger partial charge in [-0.15, -0.1) is 0 Å². The molecule has 0 aliphatic rings. The van der Waals surface area contributed by atoms with Gasteiger partial charge in [-0.2, -0.15) is 0 Å². The van der Waals surface area contributed by atoms with Gasteiger partial charge in [0.25, 0.3) is 0 Å². The van der Waals surface area contributed by atoms with Crippen molar-refractivity contribution in [1.29, 1.82) is 0 Å². The molecule has 0 saturated carbocycles. The third-order valence-corrected chi connectivity index (χ3v) is 2.48. The maximum atomic E-state index is 11.0. The van der Waals surface area contributed by atoms with Crippen LogP contribution in [-0.2, 0) is 14.9 Å². The number of ether oxygens (including phenoxy) is 1. The van der Waals surface area contributed by atoms with Crippen molar-refractivity contribution >= 4 is 27.6 Å². The summed E-state index contributed by atoms with van der Waals surface area (Å²) in [5, 5.41) is 4.36. The molecule has 0 aliphatic heterocycles. The minimum atomic E-state index is -0.503. The van der Waals surface area contributed by atoms with Crippen molar-refractivity contribution in [2.75, 3.05) is 7.11 Å². The number of halogens is 1. The number of alkyl halides is 1. The number of oxime groups is 1. The molecule has 0 bridgehead atoms. The Bertz CT molecular complexity index is 404. The van der Waals surface area contributed by atoms with Crippen LogP contribution in [0.15, 0.2) is 29.4 Å². The van der Waals surface area contributed by atoms with E-state index in [4.69, 9.17) is 4.84 Å². The number of para-hydroxylation sites is 1. The van der Waals surface area contributed by atoms with E-state index in [-0.39, 0.29) is 5.71 Å². The fourth-order valence-corrected chi connectivity index (χ4v) is 1.47. The summed E-state index contributed by atoms with van der Waals surface area (Å²) in [4.78, 5) is 16.2. The van der Waals surface area contributed by atoms with Gasteiger partial charge in [0.15, 0.2) is 11.5 Å². The van der Waals surface area contributed by atoms with Crippen LogP contribution >= 0.6 is 15.9 Å². The SMILES string of the molecule is COC(=O)C(C)=NOc1ccccc1CBr. The minimum absolute atomic E-state index is 0.173. The smallest absolute Gasteiger partial charge is 0.355 e. The fraction of sp³-hybridized carbons (Fsp3) is 0.273. The molecule has 0 aliphatic carbocycles. The van der Waals surface area contributed by atoms with E-state index in [9.17, 15) is 4.79 Å². The van der Waals surface area contributed by atoms with Crippen LogP contribution in [-0.4, -0.2) is 18.8 Å². The molecule has 86 valence electrons. The normalized spacial score (nSPS) is 11.1. The molecule has 0 atom stereocenters. The lowest BCUT2D eigenvalue weighted by Crippen LogP contribution is -2.12. The van der Waals surface area contributed by atoms with Gasteiger partial charge < -0.3 is 9.57 Å². The van der Waals surface area contributed by atoms with Gasteiger partial charge in [-0.05, 0) is 13.0 Å². The van der Waals surface area contributed by atoms with E-state index in [2.05, 4.69) is 25.8 Å². The van der Waals surface area contributed by atoms with E-state index in [0.29, 0.717) is 11.1 Å². The first kappa shape index (κ1) is 12.7. The van der Waals surface area contributed by atoms with Gasteiger partial charge in [0.2, 0.25) is 0 Å². The summed E-state index contributed by atoms with van der Waals surface area (Å²) < 4.78 is 4.50. The third kappa shape index (κ3) is 3.34. The topological polar surface area (TPSA) is 47.9 Å². The first-order valence-electron chi connectivity index (χ1n) is 4.62. The zero-order valence-electron chi connectivity index (χ0n) is 9.07. The van der Waals surface area contributed by atoms with Crippen molar-refractivity contribution < 1.29 is 14.4 Å². The number of hydrogen-bond acceptors (Lipinski definition) is 4. The summed E-state index contributed by atoms with van der Waals surface area (Å²) >= 11 is 3.34. The molecule has 0 fully saturated rings. The van der Waals surface area contributed by atoms with Crippen LogP contribution in [0.4, 0.5) is 0 Å². The lowest BCUT2D eigenvalue weighted by molar-refractivity contribution is -0.132. The van der Waals surface area contributed by atoms with Crippen LogP contribution < -0.4 is 4.84 Å². The molecule has 1 aromatic rings. The quantitative estimate of drug-likeness (QED) is 0.370. The Morgan fingerprint density at radius 3 is 2.75 bits per heavy atom. The Morgan fingerprint density at radius 2 is 2.12 bits per heavy atom. The van der Waals surface area contributed by atoms with Crippen LogP contribution in [0.25, 0.3) is 0 Å². The number of nitrogens with zero attached hydrogens (tertiary/aromatic N) is 1. The van der Waals surface area contributed by atoms with Crippen molar-refractivity contribution in [3.63, 3.8) is 0 Å². The average molecular weight is 286 g/mol. The van der Waals surface area contributed by atoms with Gasteiger partial charge in [0.1, 0.15) is 0 Å². The molecule has 1 aromatic carbocycles. The standard InChI is InChI=1S/C11H12BrNO3/c1-8(11(14)15-2)13-16-10-6-4-3-5-9(10)7-12/h3-6H,7H2,1-2H3. The van der Waals surface area contributed by atoms with Crippen LogP contribution in [0, 0.1) is 0 Å². The van der Waals surface area contributed by atoms with Gasteiger partial charge in [-0.25, -0.2) is 4.79 Å². The van der Waals surface area contributed by atoms with E-state index in [1.54, 1.807) is 6.07 Å². The van der Waals surface area contributed by atoms with Crippen LogP contribution in [0.5, 0.6) is 5.75 Å². The Labute approximate surface area is 102 Å². The molecule has 4 nitrogen and oxygen atoms in total. The summed E-state index contributed by atoms with van der Waals surface area (Å²) in [5.74, 6) is 0.110. The second-order valence-electron chi connectivity index (χ2n) is 3.00. The van der Waals surface area contributed by atoms with Crippen LogP contribution in [0.3, 0.4) is 0 Å². The average Bonchev–Trinajstić information content (AvgIpc) is 2.35. The Morgan fingerprint density at radius 1 is 1.44 bits per heavy atom. The Kier molecular flexibility index (Phi) is 4.98. The number of carbonyl (C=O) groups is 1. The first-order chi connectivity index (χ1) is 7.69. The van der Waals surface area contributed by atoms with E-state index < -0.39 is 5.97 Å². The minimum Gasteiger partial charge on any atom is -0.464 e. The van der Waals surface area contributed by atoms with Crippen molar-refractivity contribution in [3.05, 3.63) is 29.8 Å². The fourth-order valence-electron chi connectivity index (χ4n) is 1.01. The predicted molar refractivity (Wildman–Crippen MR) is 64.8 cm³/mol. The third-order valence-electron chi connectivity index (χ3n) is 1.88. The summed E-state index contributed by atoms with van der Waals surface area (Å²) in [6, 6.07) is 7.43. The molecule has 0 N–H and O–H groups in total. The van der Waals surface area contributed by atoms with Crippen LogP contribution in [0.1, 0.15) is 12.5 Å². The van der Waals surface area contributed by atoms with Gasteiger partial charge in [-0.1, -0.05) is 39.3 Å². The largest absolute Gasteiger partial charge is 0.464 e. The van der Waals surface area contributed by atoms with E-state index in [1.165, 1.54) is 14.0 Å². The van der Waals surface area contributed by atoms with Gasteiger partial charge in [0.05, 0.1) is 7.11 Å². The molecule has 16 heavy (non-hydrogen) atoms. The number of methoxy groups -OCH3 is 1. The number of hydrogen-bond donors (Lipinski definition) is 0. The van der Waals surface area contributed by atoms with Gasteiger partial charge in [0, 0.05) is 10.9 Å². The molecule has 1 rings (SSSR count). The number of rotatable bonds is 4. The molecular formula is C11H12BrNO3. The molecule has 0 spiro atoms. The summed E-state index contributed by atoms with van der Waals surface area (Å²) in [5.41, 5.74) is 1.13. The van der Waals surface area contributed by atoms with E-state index >= 15 is 0 Å². The maximum absolute atomic E-state index is 11.0. The highest BCUT2D eigenvalue weighted by molar-refractivity contribution is 9.08. The van der Waals surface area contributed by atoms with E-state index in [0.717, 1.165) is 5.56 Å².